The van der Waals surface area contributed by atoms with Crippen LogP contribution in [0.15, 0.2) is 12.1 Å². The highest BCUT2D eigenvalue weighted by Crippen LogP contribution is 2.08. The largest absolute Gasteiger partial charge is 0.464 e. The van der Waals surface area contributed by atoms with Gasteiger partial charge in [-0.05, 0) is 12.1 Å². The van der Waals surface area contributed by atoms with Crippen molar-refractivity contribution in [2.75, 3.05) is 12.8 Å². The van der Waals surface area contributed by atoms with Gasteiger partial charge >= 0.3 is 5.97 Å². The molecule has 0 aromatic carbocycles. The van der Waals surface area contributed by atoms with Crippen molar-refractivity contribution in [3.05, 3.63) is 17.8 Å². The fraction of sp³-hybridized carbons (Fsp3) is 0.286. The van der Waals surface area contributed by atoms with E-state index in [4.69, 9.17) is 5.73 Å². The van der Waals surface area contributed by atoms with Gasteiger partial charge in [0.05, 0.1) is 7.11 Å². The number of nitrogen functional groups attached to an aromatic ring is 1. The van der Waals surface area contributed by atoms with Crippen molar-refractivity contribution in [1.29, 1.82) is 0 Å². The quantitative estimate of drug-likeness (QED) is 0.595. The zero-order valence-corrected chi connectivity index (χ0v) is 6.50. The summed E-state index contributed by atoms with van der Waals surface area (Å²) in [6.45, 7) is 0. The van der Waals surface area contributed by atoms with Crippen molar-refractivity contribution in [1.82, 2.24) is 4.57 Å². The second kappa shape index (κ2) is 2.65. The lowest BCUT2D eigenvalue weighted by Gasteiger charge is -2.01. The fourth-order valence-electron chi connectivity index (χ4n) is 0.837. The van der Waals surface area contributed by atoms with Gasteiger partial charge in [-0.15, -0.1) is 0 Å². The zero-order valence-electron chi connectivity index (χ0n) is 6.50. The summed E-state index contributed by atoms with van der Waals surface area (Å²) < 4.78 is 6.09. The zero-order chi connectivity index (χ0) is 8.43. The van der Waals surface area contributed by atoms with Crippen LogP contribution in [-0.4, -0.2) is 17.6 Å². The monoisotopic (exact) mass is 154 g/mol. The van der Waals surface area contributed by atoms with E-state index in [0.717, 1.165) is 0 Å². The van der Waals surface area contributed by atoms with E-state index in [0.29, 0.717) is 11.5 Å². The summed E-state index contributed by atoms with van der Waals surface area (Å²) >= 11 is 0. The van der Waals surface area contributed by atoms with Crippen molar-refractivity contribution < 1.29 is 9.53 Å². The Morgan fingerprint density at radius 2 is 2.27 bits per heavy atom. The molecule has 0 atom stereocenters. The minimum absolute atomic E-state index is 0.371. The third kappa shape index (κ3) is 1.19. The van der Waals surface area contributed by atoms with E-state index in [2.05, 4.69) is 4.74 Å². The molecule has 0 saturated carbocycles. The molecule has 0 aliphatic heterocycles. The Kier molecular flexibility index (Phi) is 1.85. The number of carbonyl (C=O) groups excluding carboxylic acids is 1. The van der Waals surface area contributed by atoms with Crippen LogP contribution in [-0.2, 0) is 11.8 Å². The Balaban J connectivity index is 3.04. The number of nitrogens with zero attached hydrogens (tertiary/aromatic N) is 1. The van der Waals surface area contributed by atoms with E-state index in [1.807, 2.05) is 0 Å². The summed E-state index contributed by atoms with van der Waals surface area (Å²) in [5.41, 5.74) is 5.95. The van der Waals surface area contributed by atoms with Crippen LogP contribution in [0.5, 0.6) is 0 Å². The molecule has 0 radical (unpaired) electrons. The molecule has 2 N–H and O–H groups in total. The molecule has 0 bridgehead atoms. The van der Waals surface area contributed by atoms with Crippen LogP contribution in [0, 0.1) is 0 Å². The van der Waals surface area contributed by atoms with Crippen LogP contribution < -0.4 is 5.73 Å². The molecule has 1 heterocycles. The lowest BCUT2D eigenvalue weighted by Crippen LogP contribution is -2.08. The first-order valence-corrected chi connectivity index (χ1v) is 3.16. The molecule has 0 aliphatic rings. The second-order valence-corrected chi connectivity index (χ2v) is 2.19. The van der Waals surface area contributed by atoms with E-state index in [1.165, 1.54) is 7.11 Å². The van der Waals surface area contributed by atoms with Gasteiger partial charge in [0.25, 0.3) is 0 Å². The molecule has 1 aromatic rings. The van der Waals surface area contributed by atoms with Gasteiger partial charge in [0.15, 0.2) is 0 Å². The molecular weight excluding hydrogens is 144 g/mol. The van der Waals surface area contributed by atoms with Crippen LogP contribution in [0.1, 0.15) is 10.5 Å². The summed E-state index contributed by atoms with van der Waals surface area (Å²) in [5, 5.41) is 0. The number of aromatic nitrogens is 1. The number of hydrogen-bond acceptors (Lipinski definition) is 3. The predicted molar refractivity (Wildman–Crippen MR) is 41.2 cm³/mol. The van der Waals surface area contributed by atoms with E-state index in [9.17, 15) is 4.79 Å². The first-order chi connectivity index (χ1) is 5.16. The molecule has 11 heavy (non-hydrogen) atoms. The average molecular weight is 154 g/mol. The standard InChI is InChI=1S/C7H10N2O2/c1-9-5(7(10)11-2)3-4-6(9)8/h3-4H,8H2,1-2H3. The van der Waals surface area contributed by atoms with Crippen LogP contribution in [0.3, 0.4) is 0 Å². The number of nitrogens with two attached hydrogens (primary N) is 1. The molecule has 1 rings (SSSR count). The molecule has 0 fully saturated rings. The lowest BCUT2D eigenvalue weighted by molar-refractivity contribution is 0.0590. The van der Waals surface area contributed by atoms with Gasteiger partial charge in [0.1, 0.15) is 11.5 Å². The minimum atomic E-state index is -0.371. The van der Waals surface area contributed by atoms with Gasteiger partial charge in [-0.25, -0.2) is 4.79 Å². The van der Waals surface area contributed by atoms with Gasteiger partial charge < -0.3 is 15.0 Å². The third-order valence-electron chi connectivity index (χ3n) is 1.56. The highest BCUT2D eigenvalue weighted by molar-refractivity contribution is 5.88. The fourth-order valence-corrected chi connectivity index (χ4v) is 0.837. The maximum absolute atomic E-state index is 10.9. The second-order valence-electron chi connectivity index (χ2n) is 2.19. The van der Waals surface area contributed by atoms with Crippen molar-refractivity contribution in [2.45, 2.75) is 0 Å². The summed E-state index contributed by atoms with van der Waals surface area (Å²) in [4.78, 5) is 10.9. The molecule has 0 spiro atoms. The van der Waals surface area contributed by atoms with Gasteiger partial charge in [-0.2, -0.15) is 0 Å². The Morgan fingerprint density at radius 3 is 2.64 bits per heavy atom. The summed E-state index contributed by atoms with van der Waals surface area (Å²) in [7, 11) is 3.05. The van der Waals surface area contributed by atoms with Crippen molar-refractivity contribution in [3.8, 4) is 0 Å². The SMILES string of the molecule is COC(=O)c1ccc(N)n1C. The highest BCUT2D eigenvalue weighted by atomic mass is 16.5. The molecule has 0 saturated heterocycles. The Hall–Kier alpha value is -1.45. The molecule has 0 unspecified atom stereocenters. The number of carbonyl (C=O) groups is 1. The number of anilines is 1. The van der Waals surface area contributed by atoms with Gasteiger partial charge in [0.2, 0.25) is 0 Å². The number of rotatable bonds is 1. The van der Waals surface area contributed by atoms with Gasteiger partial charge in [-0.1, -0.05) is 0 Å². The number of esters is 1. The van der Waals surface area contributed by atoms with E-state index in [1.54, 1.807) is 23.7 Å². The molecule has 4 nitrogen and oxygen atoms in total. The van der Waals surface area contributed by atoms with Crippen molar-refractivity contribution in [2.24, 2.45) is 7.05 Å². The van der Waals surface area contributed by atoms with E-state index in [-0.39, 0.29) is 5.97 Å². The summed E-state index contributed by atoms with van der Waals surface area (Å²) in [5.74, 6) is 0.176. The third-order valence-corrected chi connectivity index (χ3v) is 1.56. The molecule has 0 amide bonds. The summed E-state index contributed by atoms with van der Waals surface area (Å²) in [6.07, 6.45) is 0. The van der Waals surface area contributed by atoms with Gasteiger partial charge in [0, 0.05) is 7.05 Å². The number of hydrogen-bond donors (Lipinski definition) is 1. The molecular formula is C7H10N2O2. The Labute approximate surface area is 64.6 Å². The smallest absolute Gasteiger partial charge is 0.354 e. The molecule has 0 aliphatic carbocycles. The minimum Gasteiger partial charge on any atom is -0.464 e. The molecule has 1 aromatic heterocycles. The van der Waals surface area contributed by atoms with Crippen molar-refractivity contribution >= 4 is 11.8 Å². The topological polar surface area (TPSA) is 57.2 Å². The lowest BCUT2D eigenvalue weighted by atomic mass is 10.4. The molecule has 60 valence electrons. The number of ether oxygens (including phenoxy) is 1. The number of methoxy groups -OCH3 is 1. The first-order valence-electron chi connectivity index (χ1n) is 3.16. The Morgan fingerprint density at radius 1 is 1.64 bits per heavy atom. The van der Waals surface area contributed by atoms with Crippen LogP contribution in [0.2, 0.25) is 0 Å². The van der Waals surface area contributed by atoms with Crippen LogP contribution in [0.4, 0.5) is 5.82 Å². The maximum atomic E-state index is 10.9. The Bertz CT molecular complexity index is 278. The highest BCUT2D eigenvalue weighted by Gasteiger charge is 2.09. The average Bonchev–Trinajstić information content (AvgIpc) is 2.32. The first kappa shape index (κ1) is 7.65. The predicted octanol–water partition coefficient (Wildman–Crippen LogP) is 0.394. The maximum Gasteiger partial charge on any atom is 0.354 e. The molecule has 4 heteroatoms. The van der Waals surface area contributed by atoms with Crippen LogP contribution in [0.25, 0.3) is 0 Å². The van der Waals surface area contributed by atoms with Crippen LogP contribution >= 0.6 is 0 Å². The summed E-state index contributed by atoms with van der Waals surface area (Å²) in [6, 6.07) is 3.29. The van der Waals surface area contributed by atoms with E-state index >= 15 is 0 Å². The van der Waals surface area contributed by atoms with Gasteiger partial charge in [-0.3, -0.25) is 0 Å². The normalized spacial score (nSPS) is 9.64. The van der Waals surface area contributed by atoms with E-state index < -0.39 is 0 Å². The van der Waals surface area contributed by atoms with Crippen molar-refractivity contribution in [3.63, 3.8) is 0 Å².